The van der Waals surface area contributed by atoms with Crippen molar-refractivity contribution in [3.05, 3.63) is 84.9 Å². The third-order valence-corrected chi connectivity index (χ3v) is 5.03. The lowest BCUT2D eigenvalue weighted by atomic mass is 9.94. The van der Waals surface area contributed by atoms with Gasteiger partial charge in [-0.05, 0) is 29.1 Å². The predicted molar refractivity (Wildman–Crippen MR) is 109 cm³/mol. The fourth-order valence-corrected chi connectivity index (χ4v) is 3.71. The highest BCUT2D eigenvalue weighted by Crippen LogP contribution is 2.37. The number of para-hydroxylation sites is 1. The Morgan fingerprint density at radius 2 is 1.32 bits per heavy atom. The van der Waals surface area contributed by atoms with E-state index in [9.17, 15) is 0 Å². The minimum absolute atomic E-state index is 0.969. The summed E-state index contributed by atoms with van der Waals surface area (Å²) in [6, 6.07) is 29.6. The first-order chi connectivity index (χ1) is 12.3. The number of nitrogens with zero attached hydrogens (tertiary/aromatic N) is 1. The number of hydrogen-bond acceptors (Lipinski definition) is 2. The molecule has 0 radical (unpaired) electrons. The van der Waals surface area contributed by atoms with Crippen LogP contribution in [0.1, 0.15) is 0 Å². The molecule has 5 rings (SSSR count). The molecule has 2 heteroatoms. The maximum atomic E-state index is 4.99. The highest BCUT2D eigenvalue weighted by Gasteiger charge is 2.12. The Balaban J connectivity index is 2.01. The Bertz CT molecular complexity index is 1240. The van der Waals surface area contributed by atoms with Crippen molar-refractivity contribution in [1.29, 1.82) is 0 Å². The minimum Gasteiger partial charge on any atom is -0.247 e. The van der Waals surface area contributed by atoms with Gasteiger partial charge in [0.05, 0.1) is 11.0 Å². The average Bonchev–Trinajstić information content (AvgIpc) is 2.67. The molecule has 0 aliphatic rings. The van der Waals surface area contributed by atoms with Crippen LogP contribution in [0.15, 0.2) is 89.8 Å². The molecule has 0 saturated carbocycles. The molecule has 0 saturated heterocycles. The van der Waals surface area contributed by atoms with E-state index in [4.69, 9.17) is 4.98 Å². The van der Waals surface area contributed by atoms with E-state index in [1.54, 1.807) is 0 Å². The lowest BCUT2D eigenvalue weighted by Gasteiger charge is -2.13. The van der Waals surface area contributed by atoms with Crippen LogP contribution in [0.3, 0.4) is 0 Å². The van der Waals surface area contributed by atoms with Crippen LogP contribution in [0.4, 0.5) is 0 Å². The molecule has 25 heavy (non-hydrogen) atoms. The zero-order valence-electron chi connectivity index (χ0n) is 13.5. The maximum absolute atomic E-state index is 4.99. The summed E-state index contributed by atoms with van der Waals surface area (Å²) in [6.45, 7) is 0. The molecule has 4 aromatic carbocycles. The summed E-state index contributed by atoms with van der Waals surface area (Å²) in [4.78, 5) is 5.96. The number of pyridine rings is 1. The van der Waals surface area contributed by atoms with Gasteiger partial charge in [0, 0.05) is 26.6 Å². The minimum atomic E-state index is 0.969. The summed E-state index contributed by atoms with van der Waals surface area (Å²) in [7, 11) is 0. The highest BCUT2D eigenvalue weighted by atomic mass is 32.1. The van der Waals surface area contributed by atoms with Crippen molar-refractivity contribution in [2.45, 2.75) is 4.90 Å². The molecular formula is C23H15NS. The zero-order chi connectivity index (χ0) is 16.8. The quantitative estimate of drug-likeness (QED) is 0.209. The molecule has 1 nitrogen and oxygen atoms in total. The van der Waals surface area contributed by atoms with Gasteiger partial charge in [-0.1, -0.05) is 66.7 Å². The molecule has 0 unspecified atom stereocenters. The SMILES string of the molecule is Sc1ccc(-c2c3ccccc3nc3c2ccc2ccccc23)cc1. The number of rotatable bonds is 1. The van der Waals surface area contributed by atoms with Crippen molar-refractivity contribution in [3.63, 3.8) is 0 Å². The lowest BCUT2D eigenvalue weighted by molar-refractivity contribution is 1.47. The summed E-state index contributed by atoms with van der Waals surface area (Å²) in [5, 5.41) is 4.77. The van der Waals surface area contributed by atoms with Crippen LogP contribution in [-0.4, -0.2) is 4.98 Å². The fraction of sp³-hybridized carbons (Fsp3) is 0. The van der Waals surface area contributed by atoms with E-state index in [-0.39, 0.29) is 0 Å². The van der Waals surface area contributed by atoms with Crippen molar-refractivity contribution < 1.29 is 0 Å². The molecule has 0 aliphatic heterocycles. The smallest absolute Gasteiger partial charge is 0.0794 e. The van der Waals surface area contributed by atoms with Gasteiger partial charge in [0.2, 0.25) is 0 Å². The molecular weight excluding hydrogens is 322 g/mol. The monoisotopic (exact) mass is 337 g/mol. The van der Waals surface area contributed by atoms with Crippen LogP contribution in [0.2, 0.25) is 0 Å². The van der Waals surface area contributed by atoms with E-state index in [0.29, 0.717) is 0 Å². The maximum Gasteiger partial charge on any atom is 0.0794 e. The topological polar surface area (TPSA) is 12.9 Å². The van der Waals surface area contributed by atoms with Gasteiger partial charge in [0.25, 0.3) is 0 Å². The van der Waals surface area contributed by atoms with Gasteiger partial charge in [0.15, 0.2) is 0 Å². The molecule has 0 fully saturated rings. The van der Waals surface area contributed by atoms with Gasteiger partial charge in [-0.3, -0.25) is 0 Å². The van der Waals surface area contributed by atoms with Crippen LogP contribution in [0, 0.1) is 0 Å². The van der Waals surface area contributed by atoms with E-state index < -0.39 is 0 Å². The van der Waals surface area contributed by atoms with E-state index in [1.165, 1.54) is 32.7 Å². The van der Waals surface area contributed by atoms with Crippen molar-refractivity contribution >= 4 is 45.2 Å². The Morgan fingerprint density at radius 1 is 0.600 bits per heavy atom. The first-order valence-electron chi connectivity index (χ1n) is 8.31. The standard InChI is InChI=1S/C23H15NS/c25-17-12-9-16(10-13-17)22-19-7-3-4-8-21(19)24-23-18-6-2-1-5-15(18)11-14-20(22)23/h1-14,25H. The molecule has 0 aliphatic carbocycles. The van der Waals surface area contributed by atoms with E-state index in [2.05, 4.69) is 79.4 Å². The second-order valence-corrected chi connectivity index (χ2v) is 6.75. The zero-order valence-corrected chi connectivity index (χ0v) is 14.4. The Morgan fingerprint density at radius 3 is 2.16 bits per heavy atom. The van der Waals surface area contributed by atoms with Crippen LogP contribution < -0.4 is 0 Å². The van der Waals surface area contributed by atoms with Gasteiger partial charge in [-0.2, -0.15) is 0 Å². The number of benzene rings is 4. The van der Waals surface area contributed by atoms with Crippen molar-refractivity contribution in [3.8, 4) is 11.1 Å². The number of thiol groups is 1. The van der Waals surface area contributed by atoms with Crippen molar-refractivity contribution in [1.82, 2.24) is 4.98 Å². The molecule has 1 heterocycles. The van der Waals surface area contributed by atoms with Gasteiger partial charge >= 0.3 is 0 Å². The van der Waals surface area contributed by atoms with E-state index in [0.717, 1.165) is 15.9 Å². The first-order valence-corrected chi connectivity index (χ1v) is 8.75. The molecule has 0 atom stereocenters. The molecule has 5 aromatic rings. The molecule has 0 N–H and O–H groups in total. The third kappa shape index (κ3) is 2.30. The van der Waals surface area contributed by atoms with E-state index >= 15 is 0 Å². The van der Waals surface area contributed by atoms with Gasteiger partial charge in [-0.15, -0.1) is 12.6 Å². The lowest BCUT2D eigenvalue weighted by Crippen LogP contribution is -1.90. The van der Waals surface area contributed by atoms with Crippen LogP contribution in [0.5, 0.6) is 0 Å². The molecule has 1 aromatic heterocycles. The normalized spacial score (nSPS) is 11.4. The molecule has 0 bridgehead atoms. The van der Waals surface area contributed by atoms with Gasteiger partial charge in [-0.25, -0.2) is 4.98 Å². The van der Waals surface area contributed by atoms with E-state index in [1.807, 2.05) is 18.2 Å². The summed E-state index contributed by atoms with van der Waals surface area (Å²) in [5.41, 5.74) is 4.51. The summed E-state index contributed by atoms with van der Waals surface area (Å²) < 4.78 is 0. The van der Waals surface area contributed by atoms with Crippen molar-refractivity contribution in [2.24, 2.45) is 0 Å². The second-order valence-electron chi connectivity index (χ2n) is 6.23. The van der Waals surface area contributed by atoms with Crippen LogP contribution in [0.25, 0.3) is 43.7 Å². The molecule has 0 spiro atoms. The highest BCUT2D eigenvalue weighted by molar-refractivity contribution is 7.80. The molecule has 0 amide bonds. The molecule has 118 valence electrons. The van der Waals surface area contributed by atoms with Gasteiger partial charge in [0.1, 0.15) is 0 Å². The fourth-order valence-electron chi connectivity index (χ4n) is 3.56. The predicted octanol–water partition coefficient (Wildman–Crippen LogP) is 6.50. The summed E-state index contributed by atoms with van der Waals surface area (Å²) in [6.07, 6.45) is 0. The van der Waals surface area contributed by atoms with Crippen LogP contribution in [-0.2, 0) is 0 Å². The average molecular weight is 337 g/mol. The second kappa shape index (κ2) is 5.61. The largest absolute Gasteiger partial charge is 0.247 e. The Labute approximate surface area is 151 Å². The van der Waals surface area contributed by atoms with Crippen LogP contribution >= 0.6 is 12.6 Å². The number of aromatic nitrogens is 1. The van der Waals surface area contributed by atoms with Crippen molar-refractivity contribution in [2.75, 3.05) is 0 Å². The number of hydrogen-bond donors (Lipinski definition) is 1. The summed E-state index contributed by atoms with van der Waals surface area (Å²) in [5.74, 6) is 0. The Kier molecular flexibility index (Phi) is 3.25. The number of fused-ring (bicyclic) bond motifs is 4. The third-order valence-electron chi connectivity index (χ3n) is 4.73. The summed E-state index contributed by atoms with van der Waals surface area (Å²) >= 11 is 4.43. The Hall–Kier alpha value is -2.84. The first kappa shape index (κ1) is 14.5. The van der Waals surface area contributed by atoms with Gasteiger partial charge < -0.3 is 0 Å².